The molecule has 0 bridgehead atoms. The highest BCUT2D eigenvalue weighted by molar-refractivity contribution is 6.02. The van der Waals surface area contributed by atoms with E-state index in [1.165, 1.54) is 6.08 Å². The fourth-order valence-electron chi connectivity index (χ4n) is 2.90. The number of methoxy groups -OCH3 is 2. The first-order chi connectivity index (χ1) is 15.0. The number of ether oxygens (including phenoxy) is 3. The van der Waals surface area contributed by atoms with E-state index < -0.39 is 0 Å². The van der Waals surface area contributed by atoms with Crippen molar-refractivity contribution in [1.82, 2.24) is 4.90 Å². The van der Waals surface area contributed by atoms with Gasteiger partial charge in [-0.25, -0.2) is 4.79 Å². The van der Waals surface area contributed by atoms with Gasteiger partial charge >= 0.3 is 5.97 Å². The third-order valence-corrected chi connectivity index (χ3v) is 4.77. The zero-order valence-corrected chi connectivity index (χ0v) is 18.5. The molecule has 0 aliphatic rings. The summed E-state index contributed by atoms with van der Waals surface area (Å²) >= 11 is 0. The summed E-state index contributed by atoms with van der Waals surface area (Å²) in [7, 11) is 3.14. The van der Waals surface area contributed by atoms with Crippen LogP contribution in [0.25, 0.3) is 6.08 Å². The molecule has 0 fully saturated rings. The number of hydrogen-bond donors (Lipinski definition) is 1. The lowest BCUT2D eigenvalue weighted by Gasteiger charge is -2.17. The van der Waals surface area contributed by atoms with Gasteiger partial charge in [0.05, 0.1) is 19.8 Å². The molecular formula is C24H30N2O5. The summed E-state index contributed by atoms with van der Waals surface area (Å²) in [6.45, 7) is 7.03. The van der Waals surface area contributed by atoms with Gasteiger partial charge in [0.15, 0.2) is 0 Å². The second-order valence-corrected chi connectivity index (χ2v) is 6.67. The Morgan fingerprint density at radius 2 is 1.71 bits per heavy atom. The number of carbonyl (C=O) groups is 2. The van der Waals surface area contributed by atoms with Crippen LogP contribution in [-0.2, 0) is 9.53 Å². The van der Waals surface area contributed by atoms with Crippen molar-refractivity contribution in [3.63, 3.8) is 0 Å². The Labute approximate surface area is 183 Å². The first-order valence-electron chi connectivity index (χ1n) is 10.2. The molecule has 1 N–H and O–H groups in total. The lowest BCUT2D eigenvalue weighted by molar-refractivity contribution is -0.111. The molecule has 166 valence electrons. The molecule has 0 unspecified atom stereocenters. The summed E-state index contributed by atoms with van der Waals surface area (Å²) in [6, 6.07) is 11.9. The van der Waals surface area contributed by atoms with Crippen LogP contribution in [0.2, 0.25) is 0 Å². The van der Waals surface area contributed by atoms with Gasteiger partial charge < -0.3 is 24.4 Å². The van der Waals surface area contributed by atoms with E-state index in [4.69, 9.17) is 14.2 Å². The standard InChI is InChI=1S/C24H30N2O5/c1-5-26(6-2)15-16-31-24(28)18-7-10-20(11-8-18)25-23(27)14-9-19-17-21(29-3)12-13-22(19)30-4/h7-14,17H,5-6,15-16H2,1-4H3,(H,25,27)/b14-9+. The van der Waals surface area contributed by atoms with E-state index in [0.29, 0.717) is 35.9 Å². The third-order valence-electron chi connectivity index (χ3n) is 4.77. The minimum atomic E-state index is -0.380. The average molecular weight is 427 g/mol. The lowest BCUT2D eigenvalue weighted by Crippen LogP contribution is -2.27. The van der Waals surface area contributed by atoms with Gasteiger partial charge in [-0.1, -0.05) is 13.8 Å². The van der Waals surface area contributed by atoms with Gasteiger partial charge in [-0.3, -0.25) is 4.79 Å². The molecule has 7 nitrogen and oxygen atoms in total. The topological polar surface area (TPSA) is 77.1 Å². The molecule has 2 rings (SSSR count). The summed E-state index contributed by atoms with van der Waals surface area (Å²) in [4.78, 5) is 26.6. The molecule has 0 spiro atoms. The maximum absolute atomic E-state index is 12.3. The van der Waals surface area contributed by atoms with Crippen molar-refractivity contribution in [2.75, 3.05) is 45.8 Å². The maximum atomic E-state index is 12.3. The molecule has 7 heteroatoms. The first kappa shape index (κ1) is 24.0. The molecule has 1 amide bonds. The summed E-state index contributed by atoms with van der Waals surface area (Å²) in [5.41, 5.74) is 1.74. The van der Waals surface area contributed by atoms with Crippen molar-refractivity contribution in [1.29, 1.82) is 0 Å². The summed E-state index contributed by atoms with van der Waals surface area (Å²) in [5, 5.41) is 2.76. The van der Waals surface area contributed by atoms with E-state index in [-0.39, 0.29) is 11.9 Å². The Hall–Kier alpha value is -3.32. The molecule has 0 atom stereocenters. The number of esters is 1. The number of likely N-dealkylation sites (N-methyl/N-ethyl adjacent to an activating group) is 1. The molecule has 2 aromatic carbocycles. The van der Waals surface area contributed by atoms with Gasteiger partial charge in [-0.2, -0.15) is 0 Å². The van der Waals surface area contributed by atoms with Crippen molar-refractivity contribution >= 4 is 23.6 Å². The zero-order valence-electron chi connectivity index (χ0n) is 18.5. The van der Waals surface area contributed by atoms with Gasteiger partial charge in [0.1, 0.15) is 18.1 Å². The number of anilines is 1. The minimum absolute atomic E-state index is 0.306. The fraction of sp³-hybridized carbons (Fsp3) is 0.333. The second kappa shape index (κ2) is 12.4. The summed E-state index contributed by atoms with van der Waals surface area (Å²) < 4.78 is 15.8. The van der Waals surface area contributed by atoms with Crippen molar-refractivity contribution < 1.29 is 23.8 Å². The van der Waals surface area contributed by atoms with Crippen LogP contribution in [0.1, 0.15) is 29.8 Å². The highest BCUT2D eigenvalue weighted by Gasteiger charge is 2.09. The lowest BCUT2D eigenvalue weighted by atomic mass is 10.1. The van der Waals surface area contributed by atoms with Crippen LogP contribution >= 0.6 is 0 Å². The first-order valence-corrected chi connectivity index (χ1v) is 10.2. The van der Waals surface area contributed by atoms with E-state index in [2.05, 4.69) is 24.1 Å². The monoisotopic (exact) mass is 426 g/mol. The SMILES string of the molecule is CCN(CC)CCOC(=O)c1ccc(NC(=O)/C=C/c2cc(OC)ccc2OC)cc1. The van der Waals surface area contributed by atoms with Gasteiger partial charge in [0.25, 0.3) is 0 Å². The Bertz CT molecular complexity index is 889. The van der Waals surface area contributed by atoms with Crippen LogP contribution in [0, 0.1) is 0 Å². The molecule has 0 aliphatic carbocycles. The smallest absolute Gasteiger partial charge is 0.338 e. The predicted molar refractivity (Wildman–Crippen MR) is 122 cm³/mol. The molecule has 0 heterocycles. The van der Waals surface area contributed by atoms with E-state index in [1.54, 1.807) is 62.8 Å². The van der Waals surface area contributed by atoms with E-state index in [9.17, 15) is 9.59 Å². The zero-order chi connectivity index (χ0) is 22.6. The van der Waals surface area contributed by atoms with Crippen LogP contribution in [0.5, 0.6) is 11.5 Å². The quantitative estimate of drug-likeness (QED) is 0.434. The highest BCUT2D eigenvalue weighted by Crippen LogP contribution is 2.25. The maximum Gasteiger partial charge on any atom is 0.338 e. The Morgan fingerprint density at radius 3 is 2.32 bits per heavy atom. The number of benzene rings is 2. The van der Waals surface area contributed by atoms with Crippen LogP contribution in [0.4, 0.5) is 5.69 Å². The molecule has 0 radical (unpaired) electrons. The molecule has 0 aromatic heterocycles. The van der Waals surface area contributed by atoms with E-state index in [0.717, 1.165) is 18.7 Å². The fourth-order valence-corrected chi connectivity index (χ4v) is 2.90. The number of amides is 1. The normalized spacial score (nSPS) is 10.9. The number of carbonyl (C=O) groups excluding carboxylic acids is 2. The minimum Gasteiger partial charge on any atom is -0.497 e. The predicted octanol–water partition coefficient (Wildman–Crippen LogP) is 3.85. The van der Waals surface area contributed by atoms with Crippen LogP contribution in [-0.4, -0.2) is 57.2 Å². The van der Waals surface area contributed by atoms with Crippen LogP contribution < -0.4 is 14.8 Å². The van der Waals surface area contributed by atoms with Gasteiger partial charge in [0, 0.05) is 23.9 Å². The molecule has 0 aliphatic heterocycles. The largest absolute Gasteiger partial charge is 0.497 e. The van der Waals surface area contributed by atoms with Crippen molar-refractivity contribution in [2.24, 2.45) is 0 Å². The van der Waals surface area contributed by atoms with E-state index in [1.807, 2.05) is 0 Å². The number of nitrogens with one attached hydrogen (secondary N) is 1. The Balaban J connectivity index is 1.92. The summed E-state index contributed by atoms with van der Waals surface area (Å²) in [5.74, 6) is 0.614. The highest BCUT2D eigenvalue weighted by atomic mass is 16.5. The number of rotatable bonds is 11. The number of hydrogen-bond acceptors (Lipinski definition) is 6. The Kier molecular flexibility index (Phi) is 9.58. The third kappa shape index (κ3) is 7.46. The summed E-state index contributed by atoms with van der Waals surface area (Å²) in [6.07, 6.45) is 3.06. The molecule has 0 saturated carbocycles. The van der Waals surface area contributed by atoms with Crippen molar-refractivity contribution in [3.8, 4) is 11.5 Å². The van der Waals surface area contributed by atoms with E-state index >= 15 is 0 Å². The number of nitrogens with zero attached hydrogens (tertiary/aromatic N) is 1. The molecule has 0 saturated heterocycles. The van der Waals surface area contributed by atoms with Gasteiger partial charge in [-0.15, -0.1) is 0 Å². The average Bonchev–Trinajstić information content (AvgIpc) is 2.80. The van der Waals surface area contributed by atoms with Crippen LogP contribution in [0.15, 0.2) is 48.5 Å². The van der Waals surface area contributed by atoms with Crippen LogP contribution in [0.3, 0.4) is 0 Å². The molecule has 31 heavy (non-hydrogen) atoms. The van der Waals surface area contributed by atoms with Crippen molar-refractivity contribution in [2.45, 2.75) is 13.8 Å². The molecule has 2 aromatic rings. The van der Waals surface area contributed by atoms with Gasteiger partial charge in [0.2, 0.25) is 5.91 Å². The van der Waals surface area contributed by atoms with Gasteiger partial charge in [-0.05, 0) is 61.6 Å². The Morgan fingerprint density at radius 1 is 1.00 bits per heavy atom. The second-order valence-electron chi connectivity index (χ2n) is 6.67. The molecular weight excluding hydrogens is 396 g/mol. The van der Waals surface area contributed by atoms with Crippen molar-refractivity contribution in [3.05, 3.63) is 59.7 Å².